The highest BCUT2D eigenvalue weighted by atomic mass is 28.1. The molecule has 0 spiro atoms. The van der Waals surface area contributed by atoms with Crippen molar-refractivity contribution in [1.82, 2.24) is 5.32 Å². The van der Waals surface area contributed by atoms with Crippen LogP contribution in [0.2, 0.25) is 0 Å². The Hall–Kier alpha value is -0.353. The second-order valence-electron chi connectivity index (χ2n) is 2.77. The summed E-state index contributed by atoms with van der Waals surface area (Å²) in [5.74, 6) is 0.0825. The third-order valence-corrected chi connectivity index (χ3v) is 2.76. The third kappa shape index (κ3) is 1.31. The zero-order valence-electron chi connectivity index (χ0n) is 5.48. The maximum Gasteiger partial charge on any atom is 0.220 e. The average molecular weight is 145 g/mol. The van der Waals surface area contributed by atoms with Crippen molar-refractivity contribution in [2.24, 2.45) is 0 Å². The van der Waals surface area contributed by atoms with E-state index in [0.29, 0.717) is 6.42 Å². The van der Waals surface area contributed by atoms with E-state index in [2.05, 4.69) is 5.32 Å². The smallest absolute Gasteiger partial charge is 0.220 e. The average Bonchev–Trinajstić information content (AvgIpc) is 2.13. The number of carbonyl (C=O) groups is 1. The third-order valence-electron chi connectivity index (χ3n) is 1.69. The number of amides is 1. The molecule has 1 atom stereocenters. The molecule has 0 saturated carbocycles. The van der Waals surface area contributed by atoms with E-state index in [1.165, 1.54) is 0 Å². The minimum absolute atomic E-state index is 0.0825. The van der Waals surface area contributed by atoms with Gasteiger partial charge in [-0.3, -0.25) is 4.79 Å². The van der Waals surface area contributed by atoms with Crippen LogP contribution in [0.25, 0.3) is 0 Å². The minimum Gasteiger partial charge on any atom is -0.394 e. The predicted molar refractivity (Wildman–Crippen MR) is 37.1 cm³/mol. The molecule has 1 saturated heterocycles. The lowest BCUT2D eigenvalue weighted by Crippen LogP contribution is -2.45. The zero-order valence-corrected chi connectivity index (χ0v) is 7.48. The Balaban J connectivity index is 2.54. The number of hydrogen-bond donors (Lipinski definition) is 2. The number of aliphatic hydroxyl groups excluding tert-OH is 1. The first-order valence-electron chi connectivity index (χ1n) is 3.08. The number of carbonyl (C=O) groups excluding carboxylic acids is 1. The van der Waals surface area contributed by atoms with Crippen molar-refractivity contribution < 1.29 is 9.90 Å². The van der Waals surface area contributed by atoms with E-state index in [4.69, 9.17) is 5.11 Å². The first-order valence-corrected chi connectivity index (χ1v) is 4.08. The Morgan fingerprint density at radius 2 is 2.56 bits per heavy atom. The molecule has 2 N–H and O–H groups in total. The maximum absolute atomic E-state index is 10.6. The topological polar surface area (TPSA) is 49.3 Å². The van der Waals surface area contributed by atoms with Gasteiger partial charge in [-0.15, -0.1) is 0 Å². The van der Waals surface area contributed by atoms with Crippen molar-refractivity contribution in [2.75, 3.05) is 6.61 Å². The van der Waals surface area contributed by atoms with Crippen molar-refractivity contribution >= 4 is 16.1 Å². The Kier molecular flexibility index (Phi) is 1.59. The molecule has 1 rings (SSSR count). The highest BCUT2D eigenvalue weighted by Gasteiger charge is 2.31. The molecule has 0 aromatic carbocycles. The van der Waals surface area contributed by atoms with E-state index in [1.807, 2.05) is 0 Å². The second kappa shape index (κ2) is 2.11. The number of nitrogens with one attached hydrogen (secondary N) is 1. The van der Waals surface area contributed by atoms with Crippen LogP contribution in [-0.4, -0.2) is 33.0 Å². The lowest BCUT2D eigenvalue weighted by atomic mass is 10.2. The van der Waals surface area contributed by atoms with Gasteiger partial charge in [0, 0.05) is 21.8 Å². The zero-order chi connectivity index (χ0) is 6.91. The highest BCUT2D eigenvalue weighted by Crippen LogP contribution is 2.14. The van der Waals surface area contributed by atoms with E-state index in [-0.39, 0.29) is 17.7 Å². The van der Waals surface area contributed by atoms with Gasteiger partial charge in [0.25, 0.3) is 0 Å². The van der Waals surface area contributed by atoms with E-state index in [0.717, 1.165) is 16.7 Å². The molecule has 52 valence electrons. The first kappa shape index (κ1) is 6.76. The van der Waals surface area contributed by atoms with E-state index < -0.39 is 0 Å². The lowest BCUT2D eigenvalue weighted by molar-refractivity contribution is -0.119. The molecule has 1 heterocycles. The molecule has 1 amide bonds. The molecule has 0 aromatic heterocycles. The van der Waals surface area contributed by atoms with Crippen molar-refractivity contribution in [1.29, 1.82) is 0 Å². The summed E-state index contributed by atoms with van der Waals surface area (Å²) in [6, 6.07) is 0. The van der Waals surface area contributed by atoms with Gasteiger partial charge in [-0.2, -0.15) is 0 Å². The SMILES string of the molecule is O=C1CC[C@@]([SiH3])(CO)N1. The minimum atomic E-state index is -0.197. The van der Waals surface area contributed by atoms with Crippen LogP contribution in [0.1, 0.15) is 12.8 Å². The van der Waals surface area contributed by atoms with Crippen LogP contribution in [-0.2, 0) is 4.79 Å². The number of rotatable bonds is 1. The van der Waals surface area contributed by atoms with Gasteiger partial charge >= 0.3 is 0 Å². The van der Waals surface area contributed by atoms with E-state index in [1.54, 1.807) is 0 Å². The van der Waals surface area contributed by atoms with Crippen LogP contribution in [0, 0.1) is 0 Å². The standard InChI is InChI=1S/C5H11NO2Si/c7-3-5(9)2-1-4(8)6-5/h7H,1-3H2,9H3,(H,6,8)/t5-/m1/s1. The largest absolute Gasteiger partial charge is 0.394 e. The van der Waals surface area contributed by atoms with Gasteiger partial charge in [0.15, 0.2) is 0 Å². The fourth-order valence-electron chi connectivity index (χ4n) is 0.970. The summed E-state index contributed by atoms with van der Waals surface area (Å²) in [6.45, 7) is 0.102. The quantitative estimate of drug-likeness (QED) is 0.417. The molecular weight excluding hydrogens is 134 g/mol. The second-order valence-corrected chi connectivity index (χ2v) is 4.68. The van der Waals surface area contributed by atoms with Crippen molar-refractivity contribution in [3.8, 4) is 0 Å². The normalized spacial score (nSPS) is 35.0. The molecule has 0 bridgehead atoms. The molecule has 0 unspecified atom stereocenters. The van der Waals surface area contributed by atoms with Crippen LogP contribution in [0.15, 0.2) is 0 Å². The summed E-state index contributed by atoms with van der Waals surface area (Å²) >= 11 is 0. The fraction of sp³-hybridized carbons (Fsp3) is 0.800. The Bertz CT molecular complexity index is 139. The van der Waals surface area contributed by atoms with E-state index in [9.17, 15) is 4.79 Å². The van der Waals surface area contributed by atoms with Crippen molar-refractivity contribution in [2.45, 2.75) is 18.0 Å². The highest BCUT2D eigenvalue weighted by molar-refractivity contribution is 6.17. The summed E-state index contributed by atoms with van der Waals surface area (Å²) in [7, 11) is 0.839. The van der Waals surface area contributed by atoms with Gasteiger partial charge in [0.05, 0.1) is 6.61 Å². The van der Waals surface area contributed by atoms with Crippen LogP contribution in [0.5, 0.6) is 0 Å². The first-order chi connectivity index (χ1) is 4.16. The molecular formula is C5H11NO2Si. The summed E-state index contributed by atoms with van der Waals surface area (Å²) in [5.41, 5.74) is 0. The molecule has 0 radical (unpaired) electrons. The van der Waals surface area contributed by atoms with Crippen molar-refractivity contribution in [3.05, 3.63) is 0 Å². The molecule has 4 heteroatoms. The Labute approximate surface area is 56.9 Å². The molecule has 0 aliphatic carbocycles. The van der Waals surface area contributed by atoms with Crippen LogP contribution in [0.4, 0.5) is 0 Å². The predicted octanol–water partition coefficient (Wildman–Crippen LogP) is -2.05. The Morgan fingerprint density at radius 3 is 2.78 bits per heavy atom. The van der Waals surface area contributed by atoms with Gasteiger partial charge < -0.3 is 10.4 Å². The van der Waals surface area contributed by atoms with Gasteiger partial charge in [-0.1, -0.05) is 0 Å². The molecule has 3 nitrogen and oxygen atoms in total. The van der Waals surface area contributed by atoms with Crippen LogP contribution in [0.3, 0.4) is 0 Å². The van der Waals surface area contributed by atoms with E-state index >= 15 is 0 Å². The van der Waals surface area contributed by atoms with Gasteiger partial charge in [-0.05, 0) is 6.42 Å². The van der Waals surface area contributed by atoms with Crippen LogP contribution < -0.4 is 5.32 Å². The van der Waals surface area contributed by atoms with Gasteiger partial charge in [0.1, 0.15) is 0 Å². The van der Waals surface area contributed by atoms with Crippen molar-refractivity contribution in [3.63, 3.8) is 0 Å². The van der Waals surface area contributed by atoms with Crippen LogP contribution >= 0.6 is 0 Å². The van der Waals surface area contributed by atoms with Gasteiger partial charge in [0.2, 0.25) is 5.91 Å². The molecule has 1 aliphatic rings. The maximum atomic E-state index is 10.6. The number of aliphatic hydroxyl groups is 1. The lowest BCUT2D eigenvalue weighted by Gasteiger charge is -2.19. The number of hydrogen-bond acceptors (Lipinski definition) is 2. The van der Waals surface area contributed by atoms with Gasteiger partial charge in [-0.25, -0.2) is 0 Å². The molecule has 1 fully saturated rings. The summed E-state index contributed by atoms with van der Waals surface area (Å²) in [4.78, 5) is 10.6. The Morgan fingerprint density at radius 1 is 1.89 bits per heavy atom. The summed E-state index contributed by atoms with van der Waals surface area (Å²) in [5, 5.41) is 11.3. The summed E-state index contributed by atoms with van der Waals surface area (Å²) in [6.07, 6.45) is 1.40. The molecule has 9 heavy (non-hydrogen) atoms. The fourth-order valence-corrected chi connectivity index (χ4v) is 1.50. The molecule has 1 aliphatic heterocycles. The summed E-state index contributed by atoms with van der Waals surface area (Å²) < 4.78 is 0. The monoisotopic (exact) mass is 145 g/mol. The molecule has 0 aromatic rings.